The van der Waals surface area contributed by atoms with Crippen LogP contribution < -0.4 is 5.32 Å². The van der Waals surface area contributed by atoms with Gasteiger partial charge in [-0.3, -0.25) is 4.79 Å². The average molecular weight is 213 g/mol. The lowest BCUT2D eigenvalue weighted by Gasteiger charge is -2.20. The van der Waals surface area contributed by atoms with Crippen molar-refractivity contribution in [2.75, 3.05) is 6.61 Å². The first-order valence-electron chi connectivity index (χ1n) is 5.80. The molecule has 1 aliphatic rings. The molecule has 1 rings (SSSR count). The first kappa shape index (κ1) is 12.5. The predicted octanol–water partition coefficient (Wildman–Crippen LogP) is 2.11. The van der Waals surface area contributed by atoms with Crippen LogP contribution in [0.4, 0.5) is 0 Å². The highest BCUT2D eigenvalue weighted by molar-refractivity contribution is 5.77. The fraction of sp³-hybridized carbons (Fsp3) is 0.917. The third-order valence-electron chi connectivity index (χ3n) is 2.70. The SMILES string of the molecule is CC1CCC(NC(=O)COC(C)(C)C)C1. The van der Waals surface area contributed by atoms with E-state index in [4.69, 9.17) is 4.74 Å². The van der Waals surface area contributed by atoms with Gasteiger partial charge in [-0.05, 0) is 46.0 Å². The maximum atomic E-state index is 11.5. The Bertz CT molecular complexity index is 220. The summed E-state index contributed by atoms with van der Waals surface area (Å²) < 4.78 is 5.42. The molecule has 0 saturated heterocycles. The zero-order valence-corrected chi connectivity index (χ0v) is 10.3. The van der Waals surface area contributed by atoms with Gasteiger partial charge in [-0.25, -0.2) is 0 Å². The maximum Gasteiger partial charge on any atom is 0.246 e. The van der Waals surface area contributed by atoms with Gasteiger partial charge in [0.25, 0.3) is 0 Å². The van der Waals surface area contributed by atoms with Crippen molar-refractivity contribution in [1.29, 1.82) is 0 Å². The molecule has 15 heavy (non-hydrogen) atoms. The van der Waals surface area contributed by atoms with E-state index in [0.717, 1.165) is 18.8 Å². The third-order valence-corrected chi connectivity index (χ3v) is 2.70. The molecule has 2 atom stereocenters. The van der Waals surface area contributed by atoms with Gasteiger partial charge in [0.2, 0.25) is 5.91 Å². The van der Waals surface area contributed by atoms with Gasteiger partial charge in [0.05, 0.1) is 5.60 Å². The molecule has 1 saturated carbocycles. The van der Waals surface area contributed by atoms with E-state index < -0.39 is 0 Å². The highest BCUT2D eigenvalue weighted by Crippen LogP contribution is 2.24. The van der Waals surface area contributed by atoms with Crippen molar-refractivity contribution in [3.05, 3.63) is 0 Å². The van der Waals surface area contributed by atoms with Crippen LogP contribution in [0.1, 0.15) is 47.0 Å². The summed E-state index contributed by atoms with van der Waals surface area (Å²) in [7, 11) is 0. The van der Waals surface area contributed by atoms with Gasteiger partial charge in [0.1, 0.15) is 6.61 Å². The minimum atomic E-state index is -0.236. The van der Waals surface area contributed by atoms with E-state index in [9.17, 15) is 4.79 Å². The van der Waals surface area contributed by atoms with Crippen LogP contribution in [0, 0.1) is 5.92 Å². The van der Waals surface area contributed by atoms with E-state index in [1.54, 1.807) is 0 Å². The highest BCUT2D eigenvalue weighted by Gasteiger charge is 2.23. The monoisotopic (exact) mass is 213 g/mol. The molecule has 0 bridgehead atoms. The summed E-state index contributed by atoms with van der Waals surface area (Å²) in [6.07, 6.45) is 3.45. The van der Waals surface area contributed by atoms with Crippen molar-refractivity contribution in [3.63, 3.8) is 0 Å². The zero-order valence-electron chi connectivity index (χ0n) is 10.3. The van der Waals surface area contributed by atoms with Gasteiger partial charge in [-0.15, -0.1) is 0 Å². The van der Waals surface area contributed by atoms with E-state index in [1.807, 2.05) is 20.8 Å². The second-order valence-electron chi connectivity index (χ2n) is 5.58. The van der Waals surface area contributed by atoms with E-state index in [2.05, 4.69) is 12.2 Å². The molecule has 0 aromatic rings. The molecule has 1 fully saturated rings. The van der Waals surface area contributed by atoms with Crippen LogP contribution in [0.15, 0.2) is 0 Å². The predicted molar refractivity (Wildman–Crippen MR) is 60.7 cm³/mol. The lowest BCUT2D eigenvalue weighted by Crippen LogP contribution is -2.37. The second-order valence-corrected chi connectivity index (χ2v) is 5.58. The van der Waals surface area contributed by atoms with Crippen LogP contribution in [0.25, 0.3) is 0 Å². The largest absolute Gasteiger partial charge is 0.366 e. The Labute approximate surface area is 92.6 Å². The van der Waals surface area contributed by atoms with Crippen LogP contribution in [-0.2, 0) is 9.53 Å². The average Bonchev–Trinajstić information content (AvgIpc) is 2.47. The van der Waals surface area contributed by atoms with E-state index >= 15 is 0 Å². The summed E-state index contributed by atoms with van der Waals surface area (Å²) in [5, 5.41) is 3.02. The molecule has 0 radical (unpaired) electrons. The molecule has 1 N–H and O–H groups in total. The molecule has 88 valence electrons. The number of ether oxygens (including phenoxy) is 1. The Morgan fingerprint density at radius 1 is 1.40 bits per heavy atom. The van der Waals surface area contributed by atoms with Crippen LogP contribution in [0.3, 0.4) is 0 Å². The Hall–Kier alpha value is -0.570. The summed E-state index contributed by atoms with van der Waals surface area (Å²) in [4.78, 5) is 11.5. The van der Waals surface area contributed by atoms with Gasteiger partial charge >= 0.3 is 0 Å². The van der Waals surface area contributed by atoms with E-state index in [0.29, 0.717) is 6.04 Å². The number of carbonyl (C=O) groups is 1. The summed E-state index contributed by atoms with van der Waals surface area (Å²) in [6, 6.07) is 0.371. The molecule has 0 aromatic carbocycles. The molecule has 0 heterocycles. The number of hydrogen-bond donors (Lipinski definition) is 1. The molecular formula is C12H23NO2. The molecule has 0 aromatic heterocycles. The molecule has 0 aliphatic heterocycles. The van der Waals surface area contributed by atoms with Crippen LogP contribution >= 0.6 is 0 Å². The molecule has 0 spiro atoms. The smallest absolute Gasteiger partial charge is 0.246 e. The maximum absolute atomic E-state index is 11.5. The van der Waals surface area contributed by atoms with Crippen molar-refractivity contribution in [3.8, 4) is 0 Å². The minimum absolute atomic E-state index is 0.0176. The standard InChI is InChI=1S/C12H23NO2/c1-9-5-6-10(7-9)13-11(14)8-15-12(2,3)4/h9-10H,5-8H2,1-4H3,(H,13,14). The minimum Gasteiger partial charge on any atom is -0.366 e. The Kier molecular flexibility index (Phi) is 4.14. The quantitative estimate of drug-likeness (QED) is 0.779. The highest BCUT2D eigenvalue weighted by atomic mass is 16.5. The first-order chi connectivity index (χ1) is 6.87. The van der Waals surface area contributed by atoms with Crippen molar-refractivity contribution in [2.45, 2.75) is 58.6 Å². The van der Waals surface area contributed by atoms with Gasteiger partial charge in [0.15, 0.2) is 0 Å². The van der Waals surface area contributed by atoms with Crippen LogP contribution in [0.2, 0.25) is 0 Å². The first-order valence-corrected chi connectivity index (χ1v) is 5.80. The van der Waals surface area contributed by atoms with Gasteiger partial charge < -0.3 is 10.1 Å². The van der Waals surface area contributed by atoms with Crippen molar-refractivity contribution in [1.82, 2.24) is 5.32 Å². The molecule has 1 aliphatic carbocycles. The molecular weight excluding hydrogens is 190 g/mol. The van der Waals surface area contributed by atoms with E-state index in [1.165, 1.54) is 6.42 Å². The van der Waals surface area contributed by atoms with Crippen LogP contribution in [-0.4, -0.2) is 24.2 Å². The van der Waals surface area contributed by atoms with Crippen LogP contribution in [0.5, 0.6) is 0 Å². The van der Waals surface area contributed by atoms with Crippen molar-refractivity contribution < 1.29 is 9.53 Å². The fourth-order valence-electron chi connectivity index (χ4n) is 1.89. The molecule has 3 heteroatoms. The second kappa shape index (κ2) is 4.97. The van der Waals surface area contributed by atoms with Gasteiger partial charge in [-0.2, -0.15) is 0 Å². The summed E-state index contributed by atoms with van der Waals surface area (Å²) in [5.74, 6) is 0.767. The summed E-state index contributed by atoms with van der Waals surface area (Å²) in [6.45, 7) is 8.28. The molecule has 1 amide bonds. The van der Waals surface area contributed by atoms with E-state index in [-0.39, 0.29) is 18.1 Å². The topological polar surface area (TPSA) is 38.3 Å². The Balaban J connectivity index is 2.19. The number of hydrogen-bond acceptors (Lipinski definition) is 2. The number of amides is 1. The summed E-state index contributed by atoms with van der Waals surface area (Å²) in [5.41, 5.74) is -0.236. The van der Waals surface area contributed by atoms with Crippen molar-refractivity contribution >= 4 is 5.91 Å². The molecule has 2 unspecified atom stereocenters. The lowest BCUT2D eigenvalue weighted by molar-refractivity contribution is -0.131. The Morgan fingerprint density at radius 3 is 2.53 bits per heavy atom. The van der Waals surface area contributed by atoms with Gasteiger partial charge in [0, 0.05) is 6.04 Å². The van der Waals surface area contributed by atoms with Crippen molar-refractivity contribution in [2.24, 2.45) is 5.92 Å². The molecule has 3 nitrogen and oxygen atoms in total. The Morgan fingerprint density at radius 2 is 2.07 bits per heavy atom. The number of carbonyl (C=O) groups excluding carboxylic acids is 1. The zero-order chi connectivity index (χ0) is 11.5. The third kappa shape index (κ3) is 5.17. The lowest BCUT2D eigenvalue weighted by atomic mass is 10.1. The fourth-order valence-corrected chi connectivity index (χ4v) is 1.89. The number of nitrogens with one attached hydrogen (secondary N) is 1. The number of rotatable bonds is 3. The summed E-state index contributed by atoms with van der Waals surface area (Å²) >= 11 is 0. The normalized spacial score (nSPS) is 26.7. The van der Waals surface area contributed by atoms with Gasteiger partial charge in [-0.1, -0.05) is 6.92 Å².